The van der Waals surface area contributed by atoms with Gasteiger partial charge in [-0.25, -0.2) is 9.18 Å². The number of carbonyl (C=O) groups is 1. The third kappa shape index (κ3) is 4.68. The lowest BCUT2D eigenvalue weighted by Crippen LogP contribution is -2.38. The zero-order chi connectivity index (χ0) is 22.7. The van der Waals surface area contributed by atoms with Crippen LogP contribution in [0.2, 0.25) is 0 Å². The normalized spacial score (nSPS) is 13.5. The summed E-state index contributed by atoms with van der Waals surface area (Å²) in [5, 5.41) is 10.6. The molecule has 1 aliphatic rings. The molecule has 0 fully saturated rings. The first-order chi connectivity index (χ1) is 15.4. The highest BCUT2D eigenvalue weighted by molar-refractivity contribution is 5.79. The fraction of sp³-hybridized carbons (Fsp3) is 0.296. The molecule has 0 aliphatic heterocycles. The maximum atomic E-state index is 13.2. The van der Waals surface area contributed by atoms with E-state index in [2.05, 4.69) is 24.3 Å². The smallest absolute Gasteiger partial charge is 0.409 e. The van der Waals surface area contributed by atoms with Crippen LogP contribution in [-0.4, -0.2) is 35.8 Å². The zero-order valence-corrected chi connectivity index (χ0v) is 18.4. The molecular weight excluding hydrogens is 405 g/mol. The van der Waals surface area contributed by atoms with Crippen molar-refractivity contribution in [2.24, 2.45) is 5.92 Å². The molecule has 1 aliphatic carbocycles. The Kier molecular flexibility index (Phi) is 6.56. The molecule has 3 aromatic carbocycles. The highest BCUT2D eigenvalue weighted by atomic mass is 19.1. The van der Waals surface area contributed by atoms with Gasteiger partial charge in [0, 0.05) is 12.5 Å². The lowest BCUT2D eigenvalue weighted by atomic mass is 9.98. The third-order valence-electron chi connectivity index (χ3n) is 5.83. The highest BCUT2D eigenvalue weighted by Gasteiger charge is 2.30. The van der Waals surface area contributed by atoms with E-state index < -0.39 is 12.2 Å². The number of halogens is 1. The summed E-state index contributed by atoms with van der Waals surface area (Å²) in [5.41, 5.74) is 5.22. The molecule has 1 atom stereocenters. The molecule has 0 aromatic heterocycles. The van der Waals surface area contributed by atoms with Crippen LogP contribution in [0, 0.1) is 11.7 Å². The Hall–Kier alpha value is -3.18. The van der Waals surface area contributed by atoms with Gasteiger partial charge in [-0.05, 0) is 45.9 Å². The van der Waals surface area contributed by atoms with Crippen LogP contribution in [-0.2, 0) is 4.74 Å². The average Bonchev–Trinajstić information content (AvgIpc) is 3.11. The standard InChI is InChI=1S/C27H28FNO3/c1-18(2)15-29(16-26(30)19-11-13-20(28)14-12-19)27(31)32-17-25-23-9-5-3-7-21(23)22-8-4-6-10-24(22)25/h3-14,18,25-26,30H,15-17H2,1-2H3. The van der Waals surface area contributed by atoms with Gasteiger partial charge >= 0.3 is 6.09 Å². The summed E-state index contributed by atoms with van der Waals surface area (Å²) in [6.07, 6.45) is -1.38. The molecule has 0 bridgehead atoms. The Labute approximate surface area is 188 Å². The van der Waals surface area contributed by atoms with Gasteiger partial charge in [-0.2, -0.15) is 0 Å². The number of ether oxygens (including phenoxy) is 1. The topological polar surface area (TPSA) is 49.8 Å². The minimum atomic E-state index is -0.921. The van der Waals surface area contributed by atoms with Crippen LogP contribution in [0.1, 0.15) is 42.6 Å². The van der Waals surface area contributed by atoms with Gasteiger partial charge in [-0.1, -0.05) is 74.5 Å². The van der Waals surface area contributed by atoms with Crippen molar-refractivity contribution in [1.82, 2.24) is 4.90 Å². The van der Waals surface area contributed by atoms with E-state index in [4.69, 9.17) is 4.74 Å². The number of fused-ring (bicyclic) bond motifs is 3. The second-order valence-corrected chi connectivity index (χ2v) is 8.67. The fourth-order valence-corrected chi connectivity index (χ4v) is 4.35. The zero-order valence-electron chi connectivity index (χ0n) is 18.4. The predicted molar refractivity (Wildman–Crippen MR) is 123 cm³/mol. The second kappa shape index (κ2) is 9.53. The first-order valence-electron chi connectivity index (χ1n) is 11.0. The third-order valence-corrected chi connectivity index (χ3v) is 5.83. The number of aliphatic hydroxyl groups excluding tert-OH is 1. The van der Waals surface area contributed by atoms with Crippen LogP contribution in [0.3, 0.4) is 0 Å². The van der Waals surface area contributed by atoms with Crippen molar-refractivity contribution in [2.45, 2.75) is 25.9 Å². The lowest BCUT2D eigenvalue weighted by Gasteiger charge is -2.27. The lowest BCUT2D eigenvalue weighted by molar-refractivity contribution is 0.0666. The van der Waals surface area contributed by atoms with E-state index in [-0.39, 0.29) is 30.8 Å². The minimum Gasteiger partial charge on any atom is -0.448 e. The summed E-state index contributed by atoms with van der Waals surface area (Å²) >= 11 is 0. The fourth-order valence-electron chi connectivity index (χ4n) is 4.35. The first kappa shape index (κ1) is 22.0. The Morgan fingerprint density at radius 2 is 1.50 bits per heavy atom. The summed E-state index contributed by atoms with van der Waals surface area (Å²) < 4.78 is 19.0. The van der Waals surface area contributed by atoms with Gasteiger partial charge in [0.15, 0.2) is 0 Å². The molecule has 0 spiro atoms. The number of rotatable bonds is 7. The molecule has 1 unspecified atom stereocenters. The molecule has 5 heteroatoms. The summed E-state index contributed by atoms with van der Waals surface area (Å²) in [6, 6.07) is 22.1. The number of benzene rings is 3. The molecule has 32 heavy (non-hydrogen) atoms. The van der Waals surface area contributed by atoms with Gasteiger partial charge in [0.25, 0.3) is 0 Å². The van der Waals surface area contributed by atoms with E-state index in [1.807, 2.05) is 38.1 Å². The second-order valence-electron chi connectivity index (χ2n) is 8.67. The van der Waals surface area contributed by atoms with Crippen molar-refractivity contribution < 1.29 is 19.0 Å². The molecule has 3 aromatic rings. The Bertz CT molecular complexity index is 1030. The van der Waals surface area contributed by atoms with Gasteiger partial charge in [0.05, 0.1) is 12.6 Å². The molecule has 0 saturated carbocycles. The number of aliphatic hydroxyl groups is 1. The highest BCUT2D eigenvalue weighted by Crippen LogP contribution is 2.44. The van der Waals surface area contributed by atoms with Crippen LogP contribution in [0.4, 0.5) is 9.18 Å². The van der Waals surface area contributed by atoms with Crippen LogP contribution in [0.25, 0.3) is 11.1 Å². The minimum absolute atomic E-state index is 0.0192. The van der Waals surface area contributed by atoms with Crippen molar-refractivity contribution in [3.8, 4) is 11.1 Å². The summed E-state index contributed by atoms with van der Waals surface area (Å²) in [4.78, 5) is 14.5. The van der Waals surface area contributed by atoms with Crippen molar-refractivity contribution in [3.05, 3.63) is 95.3 Å². The molecule has 0 saturated heterocycles. The van der Waals surface area contributed by atoms with E-state index in [1.165, 1.54) is 40.3 Å². The Morgan fingerprint density at radius 3 is 2.06 bits per heavy atom. The van der Waals surface area contributed by atoms with E-state index in [0.29, 0.717) is 12.1 Å². The number of hydrogen-bond acceptors (Lipinski definition) is 3. The maximum Gasteiger partial charge on any atom is 0.409 e. The molecule has 1 amide bonds. The maximum absolute atomic E-state index is 13.2. The molecule has 0 radical (unpaired) electrons. The summed E-state index contributed by atoms with van der Waals surface area (Å²) in [6.45, 7) is 4.78. The van der Waals surface area contributed by atoms with E-state index in [0.717, 1.165) is 11.1 Å². The average molecular weight is 434 g/mol. The molecule has 1 N–H and O–H groups in total. The van der Waals surface area contributed by atoms with Gasteiger partial charge < -0.3 is 14.7 Å². The number of amides is 1. The molecule has 4 nitrogen and oxygen atoms in total. The molecule has 0 heterocycles. The summed E-state index contributed by atoms with van der Waals surface area (Å²) in [7, 11) is 0. The van der Waals surface area contributed by atoms with Crippen LogP contribution in [0.5, 0.6) is 0 Å². The Balaban J connectivity index is 1.47. The molecular formula is C27H28FNO3. The van der Waals surface area contributed by atoms with Crippen LogP contribution in [0.15, 0.2) is 72.8 Å². The Morgan fingerprint density at radius 1 is 0.938 bits per heavy atom. The molecule has 166 valence electrons. The van der Waals surface area contributed by atoms with Crippen molar-refractivity contribution in [3.63, 3.8) is 0 Å². The quantitative estimate of drug-likeness (QED) is 0.515. The van der Waals surface area contributed by atoms with Gasteiger partial charge in [-0.3, -0.25) is 0 Å². The first-order valence-corrected chi connectivity index (χ1v) is 11.0. The SMILES string of the molecule is CC(C)CN(CC(O)c1ccc(F)cc1)C(=O)OCC1c2ccccc2-c2ccccc21. The van der Waals surface area contributed by atoms with Crippen LogP contribution < -0.4 is 0 Å². The predicted octanol–water partition coefficient (Wildman–Crippen LogP) is 5.77. The number of carbonyl (C=O) groups excluding carboxylic acids is 1. The molecule has 4 rings (SSSR count). The number of hydrogen-bond donors (Lipinski definition) is 1. The van der Waals surface area contributed by atoms with Gasteiger partial charge in [0.1, 0.15) is 12.4 Å². The van der Waals surface area contributed by atoms with Crippen molar-refractivity contribution in [2.75, 3.05) is 19.7 Å². The number of nitrogens with zero attached hydrogens (tertiary/aromatic N) is 1. The monoisotopic (exact) mass is 433 g/mol. The van der Waals surface area contributed by atoms with Crippen molar-refractivity contribution >= 4 is 6.09 Å². The van der Waals surface area contributed by atoms with Gasteiger partial charge in [0.2, 0.25) is 0 Å². The van der Waals surface area contributed by atoms with E-state index >= 15 is 0 Å². The van der Waals surface area contributed by atoms with E-state index in [9.17, 15) is 14.3 Å². The van der Waals surface area contributed by atoms with Crippen molar-refractivity contribution in [1.29, 1.82) is 0 Å². The summed E-state index contributed by atoms with van der Waals surface area (Å²) in [5.74, 6) is -0.179. The van der Waals surface area contributed by atoms with Crippen LogP contribution >= 0.6 is 0 Å². The van der Waals surface area contributed by atoms with E-state index in [1.54, 1.807) is 0 Å². The largest absolute Gasteiger partial charge is 0.448 e. The van der Waals surface area contributed by atoms with Gasteiger partial charge in [-0.15, -0.1) is 0 Å².